The second kappa shape index (κ2) is 16.4. The van der Waals surface area contributed by atoms with Crippen molar-refractivity contribution in [3.8, 4) is 11.5 Å². The van der Waals surface area contributed by atoms with Gasteiger partial charge in [-0.3, -0.25) is 9.52 Å². The lowest BCUT2D eigenvalue weighted by atomic mass is 10.0. The van der Waals surface area contributed by atoms with Crippen LogP contribution < -0.4 is 8.91 Å². The number of hydrogen-bond donors (Lipinski definition) is 2. The largest absolute Gasteiger partial charge is 0.506 e. The molecule has 0 saturated heterocycles. The van der Waals surface area contributed by atoms with Crippen molar-refractivity contribution in [2.24, 2.45) is 0 Å². The molecule has 1 atom stereocenters. The Hall–Kier alpha value is -2.77. The minimum Gasteiger partial charge on any atom is -0.506 e. The zero-order valence-electron chi connectivity index (χ0n) is 23.1. The van der Waals surface area contributed by atoms with E-state index in [-0.39, 0.29) is 17.2 Å². The zero-order chi connectivity index (χ0) is 28.0. The van der Waals surface area contributed by atoms with Crippen molar-refractivity contribution in [1.82, 2.24) is 4.90 Å². The number of nitrogens with zero attached hydrogens (tertiary/aromatic N) is 1. The van der Waals surface area contributed by atoms with Gasteiger partial charge in [-0.25, -0.2) is 0 Å². The van der Waals surface area contributed by atoms with Crippen LogP contribution in [0.4, 0.5) is 5.69 Å². The number of anilines is 1. The van der Waals surface area contributed by atoms with Crippen LogP contribution in [-0.4, -0.2) is 33.2 Å². The molecule has 0 aliphatic heterocycles. The Balaban J connectivity index is 1.64. The number of benzene rings is 3. The summed E-state index contributed by atoms with van der Waals surface area (Å²) in [5.74, 6) is 0.0643. The molecule has 3 aromatic carbocycles. The summed E-state index contributed by atoms with van der Waals surface area (Å²) in [5, 5.41) is 12.7. The lowest BCUT2D eigenvalue weighted by Crippen LogP contribution is -2.32. The number of rotatable bonds is 17. The fourth-order valence-electron chi connectivity index (χ4n) is 4.66. The average Bonchev–Trinajstić information content (AvgIpc) is 2.94. The predicted octanol–water partition coefficient (Wildman–Crippen LogP) is 8.65. The number of aromatic hydroxyl groups is 1. The molecule has 2 N–H and O–H groups in total. The SMILES string of the molecule is CCCCCCCCCCCCN(CC)C(=O)c1cc(NS(=O)Oc2ccc(Cl)cc2)c2ccccc2c1O. The Morgan fingerprint density at radius 1 is 0.897 bits per heavy atom. The van der Waals surface area contributed by atoms with Crippen LogP contribution in [-0.2, 0) is 11.3 Å². The Kier molecular flexibility index (Phi) is 12.9. The highest BCUT2D eigenvalue weighted by molar-refractivity contribution is 7.82. The average molecular weight is 573 g/mol. The first-order valence-corrected chi connectivity index (χ1v) is 15.6. The van der Waals surface area contributed by atoms with E-state index in [1.807, 2.05) is 13.0 Å². The van der Waals surface area contributed by atoms with E-state index in [4.69, 9.17) is 15.8 Å². The Labute approximate surface area is 240 Å². The molecule has 0 spiro atoms. The number of phenolic OH excluding ortho intramolecular Hbond substituents is 1. The van der Waals surface area contributed by atoms with Gasteiger partial charge in [0.15, 0.2) is 0 Å². The number of phenols is 1. The first kappa shape index (κ1) is 30.8. The Morgan fingerprint density at radius 3 is 2.10 bits per heavy atom. The third-order valence-electron chi connectivity index (χ3n) is 6.88. The molecule has 212 valence electrons. The molecule has 0 bridgehead atoms. The second-order valence-electron chi connectivity index (χ2n) is 9.81. The quantitative estimate of drug-likeness (QED) is 0.125. The van der Waals surface area contributed by atoms with Gasteiger partial charge in [-0.15, -0.1) is 0 Å². The third-order valence-corrected chi connectivity index (χ3v) is 7.86. The molecule has 0 aromatic heterocycles. The van der Waals surface area contributed by atoms with E-state index in [2.05, 4.69) is 11.6 Å². The summed E-state index contributed by atoms with van der Waals surface area (Å²) in [6.07, 6.45) is 12.3. The van der Waals surface area contributed by atoms with Crippen molar-refractivity contribution >= 4 is 45.2 Å². The summed E-state index contributed by atoms with van der Waals surface area (Å²) in [5.41, 5.74) is 0.614. The molecule has 1 amide bonds. The van der Waals surface area contributed by atoms with Crippen LogP contribution in [0.1, 0.15) is 88.4 Å². The fourth-order valence-corrected chi connectivity index (χ4v) is 5.46. The maximum absolute atomic E-state index is 13.5. The minimum absolute atomic E-state index is 0.0768. The number of carbonyl (C=O) groups is 1. The maximum atomic E-state index is 13.5. The van der Waals surface area contributed by atoms with Crippen LogP contribution in [0, 0.1) is 0 Å². The molecule has 3 aromatic rings. The van der Waals surface area contributed by atoms with E-state index < -0.39 is 11.3 Å². The van der Waals surface area contributed by atoms with Gasteiger partial charge in [0.2, 0.25) is 0 Å². The molecule has 0 aliphatic carbocycles. The molecule has 0 fully saturated rings. The van der Waals surface area contributed by atoms with Gasteiger partial charge in [0.1, 0.15) is 11.5 Å². The van der Waals surface area contributed by atoms with Crippen molar-refractivity contribution in [2.75, 3.05) is 17.8 Å². The first-order chi connectivity index (χ1) is 18.9. The zero-order valence-corrected chi connectivity index (χ0v) is 24.7. The van der Waals surface area contributed by atoms with Gasteiger partial charge in [0.05, 0.1) is 11.3 Å². The maximum Gasteiger partial charge on any atom is 0.316 e. The number of carbonyl (C=O) groups excluding carboxylic acids is 1. The number of fused-ring (bicyclic) bond motifs is 1. The summed E-state index contributed by atoms with van der Waals surface area (Å²) in [6, 6.07) is 15.3. The van der Waals surface area contributed by atoms with Crippen LogP contribution in [0.15, 0.2) is 54.6 Å². The van der Waals surface area contributed by atoms with Gasteiger partial charge in [0.25, 0.3) is 5.91 Å². The van der Waals surface area contributed by atoms with Crippen LogP contribution in [0.3, 0.4) is 0 Å². The molecule has 0 heterocycles. The molecular formula is C31H41ClN2O4S. The fraction of sp³-hybridized carbons (Fsp3) is 0.452. The minimum atomic E-state index is -1.94. The normalized spacial score (nSPS) is 11.9. The van der Waals surface area contributed by atoms with Crippen molar-refractivity contribution < 1.29 is 18.3 Å². The molecule has 1 unspecified atom stereocenters. The summed E-state index contributed by atoms with van der Waals surface area (Å²) >= 11 is 3.98. The summed E-state index contributed by atoms with van der Waals surface area (Å²) in [7, 11) is 0. The molecule has 39 heavy (non-hydrogen) atoms. The Morgan fingerprint density at radius 2 is 1.49 bits per heavy atom. The molecule has 0 saturated carbocycles. The highest BCUT2D eigenvalue weighted by Crippen LogP contribution is 2.36. The molecule has 0 aliphatic rings. The van der Waals surface area contributed by atoms with E-state index in [0.29, 0.717) is 40.3 Å². The van der Waals surface area contributed by atoms with Crippen LogP contribution in [0.5, 0.6) is 11.5 Å². The van der Waals surface area contributed by atoms with Gasteiger partial charge >= 0.3 is 11.3 Å². The number of hydrogen-bond acceptors (Lipinski definition) is 4. The molecule has 8 heteroatoms. The number of amides is 1. The van der Waals surface area contributed by atoms with E-state index in [1.165, 1.54) is 51.4 Å². The number of nitrogens with one attached hydrogen (secondary N) is 1. The van der Waals surface area contributed by atoms with Crippen molar-refractivity contribution in [3.63, 3.8) is 0 Å². The van der Waals surface area contributed by atoms with Gasteiger partial charge < -0.3 is 14.2 Å². The van der Waals surface area contributed by atoms with Gasteiger partial charge in [-0.2, -0.15) is 4.21 Å². The summed E-state index contributed by atoms with van der Waals surface area (Å²) in [4.78, 5) is 15.3. The monoisotopic (exact) mass is 572 g/mol. The summed E-state index contributed by atoms with van der Waals surface area (Å²) in [6.45, 7) is 5.35. The van der Waals surface area contributed by atoms with E-state index in [1.54, 1.807) is 53.4 Å². The third kappa shape index (κ3) is 9.43. The second-order valence-corrected chi connectivity index (χ2v) is 11.1. The van der Waals surface area contributed by atoms with Gasteiger partial charge in [-0.05, 0) is 43.7 Å². The molecule has 0 radical (unpaired) electrons. The highest BCUT2D eigenvalue weighted by Gasteiger charge is 2.22. The van der Waals surface area contributed by atoms with E-state index >= 15 is 0 Å². The molecule has 3 rings (SSSR count). The van der Waals surface area contributed by atoms with Crippen molar-refractivity contribution in [3.05, 3.63) is 65.2 Å². The van der Waals surface area contributed by atoms with Crippen molar-refractivity contribution in [1.29, 1.82) is 0 Å². The lowest BCUT2D eigenvalue weighted by molar-refractivity contribution is 0.0758. The standard InChI is InChI=1S/C31H41ClN2O4S/c1-3-5-6-7-8-9-10-11-12-15-22-34(4-2)31(36)28-23-29(26-16-13-14-17-27(26)30(28)35)33-39(37)38-25-20-18-24(32)19-21-25/h13-14,16-21,23,33,35H,3-12,15,22H2,1-2H3. The smallest absolute Gasteiger partial charge is 0.316 e. The van der Waals surface area contributed by atoms with Crippen LogP contribution in [0.2, 0.25) is 5.02 Å². The molecular weight excluding hydrogens is 532 g/mol. The predicted molar refractivity (Wildman–Crippen MR) is 163 cm³/mol. The van der Waals surface area contributed by atoms with Crippen molar-refractivity contribution in [2.45, 2.75) is 78.1 Å². The van der Waals surface area contributed by atoms with Crippen LogP contribution in [0.25, 0.3) is 10.8 Å². The summed E-state index contributed by atoms with van der Waals surface area (Å²) < 4.78 is 21.1. The molecule has 6 nitrogen and oxygen atoms in total. The van der Waals surface area contributed by atoms with E-state index in [9.17, 15) is 14.1 Å². The lowest BCUT2D eigenvalue weighted by Gasteiger charge is -2.22. The van der Waals surface area contributed by atoms with Crippen LogP contribution >= 0.6 is 11.6 Å². The number of unbranched alkanes of at least 4 members (excludes halogenated alkanes) is 9. The van der Waals surface area contributed by atoms with E-state index in [0.717, 1.165) is 12.8 Å². The van der Waals surface area contributed by atoms with Gasteiger partial charge in [-0.1, -0.05) is 101 Å². The van der Waals surface area contributed by atoms with Gasteiger partial charge in [0, 0.05) is 28.9 Å². The first-order valence-electron chi connectivity index (χ1n) is 14.1. The number of halogens is 1. The topological polar surface area (TPSA) is 78.9 Å². The Bertz CT molecular complexity index is 1220. The highest BCUT2D eigenvalue weighted by atomic mass is 35.5.